The van der Waals surface area contributed by atoms with Crippen LogP contribution in [0.4, 0.5) is 5.69 Å². The van der Waals surface area contributed by atoms with E-state index >= 15 is 0 Å². The number of hydrogen-bond acceptors (Lipinski definition) is 3. The minimum Gasteiger partial charge on any atom is -0.491 e. The summed E-state index contributed by atoms with van der Waals surface area (Å²) in [5.74, 6) is 7.72. The zero-order valence-corrected chi connectivity index (χ0v) is 11.6. The molecule has 0 aliphatic carbocycles. The summed E-state index contributed by atoms with van der Waals surface area (Å²) < 4.78 is 5.73. The summed E-state index contributed by atoms with van der Waals surface area (Å²) in [6.07, 6.45) is 0.942. The van der Waals surface area contributed by atoms with Gasteiger partial charge in [0, 0.05) is 13.1 Å². The Morgan fingerprint density at radius 3 is 3.00 bits per heavy atom. The number of ether oxygens (including phenoxy) is 1. The van der Waals surface area contributed by atoms with Crippen LogP contribution in [0.15, 0.2) is 29.3 Å². The van der Waals surface area contributed by atoms with Crippen LogP contribution >= 0.6 is 0 Å². The van der Waals surface area contributed by atoms with Crippen molar-refractivity contribution in [1.82, 2.24) is 5.43 Å². The first-order valence-corrected chi connectivity index (χ1v) is 6.73. The van der Waals surface area contributed by atoms with Crippen molar-refractivity contribution in [1.29, 1.82) is 0 Å². The summed E-state index contributed by atoms with van der Waals surface area (Å²) in [5, 5.41) is 0. The van der Waals surface area contributed by atoms with Gasteiger partial charge in [-0.2, -0.15) is 0 Å². The largest absolute Gasteiger partial charge is 0.491 e. The van der Waals surface area contributed by atoms with Crippen molar-refractivity contribution < 1.29 is 4.74 Å². The summed E-state index contributed by atoms with van der Waals surface area (Å²) in [6, 6.07) is 7.98. The molecule has 19 heavy (non-hydrogen) atoms. The van der Waals surface area contributed by atoms with Crippen LogP contribution < -0.4 is 20.9 Å². The average Bonchev–Trinajstić information content (AvgIpc) is 2.62. The third-order valence-electron chi connectivity index (χ3n) is 2.93. The van der Waals surface area contributed by atoms with Gasteiger partial charge in [0.2, 0.25) is 5.96 Å². The van der Waals surface area contributed by atoms with Gasteiger partial charge >= 0.3 is 0 Å². The number of nitrogens with zero attached hydrogens (tertiary/aromatic N) is 2. The second-order valence-electron chi connectivity index (χ2n) is 5.02. The lowest BCUT2D eigenvalue weighted by molar-refractivity contribution is 0.322. The van der Waals surface area contributed by atoms with E-state index in [1.807, 2.05) is 24.3 Å². The molecule has 3 N–H and O–H groups in total. The Morgan fingerprint density at radius 1 is 1.47 bits per heavy atom. The lowest BCUT2D eigenvalue weighted by atomic mass is 10.2. The zero-order chi connectivity index (χ0) is 13.7. The van der Waals surface area contributed by atoms with Crippen LogP contribution in [0.3, 0.4) is 0 Å². The highest BCUT2D eigenvalue weighted by Gasteiger charge is 2.19. The molecule has 5 heteroatoms. The van der Waals surface area contributed by atoms with Crippen molar-refractivity contribution in [3.05, 3.63) is 24.3 Å². The summed E-state index contributed by atoms with van der Waals surface area (Å²) >= 11 is 0. The van der Waals surface area contributed by atoms with Crippen molar-refractivity contribution >= 4 is 11.6 Å². The monoisotopic (exact) mass is 262 g/mol. The Labute approximate surface area is 114 Å². The van der Waals surface area contributed by atoms with Gasteiger partial charge in [0.1, 0.15) is 5.75 Å². The molecule has 0 atom stereocenters. The van der Waals surface area contributed by atoms with Crippen molar-refractivity contribution in [2.24, 2.45) is 16.8 Å². The molecule has 0 radical (unpaired) electrons. The predicted octanol–water partition coefficient (Wildman–Crippen LogP) is 1.75. The molecule has 0 aromatic heterocycles. The first-order chi connectivity index (χ1) is 9.22. The molecule has 0 fully saturated rings. The Hall–Kier alpha value is -1.75. The summed E-state index contributed by atoms with van der Waals surface area (Å²) in [7, 11) is 0. The standard InChI is InChI=1S/C14H22N4O/c1-11(2)10-16-14(17-15)18-8-5-9-19-13-7-4-3-6-12(13)18/h3-4,6-7,11H,5,8-10,15H2,1-2H3,(H,16,17). The number of guanidine groups is 1. The molecule has 2 rings (SSSR count). The first kappa shape index (κ1) is 13.7. The number of aliphatic imine (C=N–C) groups is 1. The molecule has 1 aromatic rings. The Kier molecular flexibility index (Phi) is 4.63. The number of rotatable bonds is 2. The highest BCUT2D eigenvalue weighted by atomic mass is 16.5. The van der Waals surface area contributed by atoms with E-state index in [0.717, 1.165) is 37.6 Å². The number of fused-ring (bicyclic) bond motifs is 1. The minimum atomic E-state index is 0.502. The van der Waals surface area contributed by atoms with Gasteiger partial charge in [0.05, 0.1) is 12.3 Å². The molecule has 1 aromatic carbocycles. The van der Waals surface area contributed by atoms with Crippen molar-refractivity contribution in [3.8, 4) is 5.75 Å². The van der Waals surface area contributed by atoms with E-state index in [2.05, 4.69) is 29.2 Å². The number of anilines is 1. The predicted molar refractivity (Wildman–Crippen MR) is 78.4 cm³/mol. The number of benzene rings is 1. The second kappa shape index (κ2) is 6.43. The first-order valence-electron chi connectivity index (χ1n) is 6.73. The molecule has 0 amide bonds. The van der Waals surface area contributed by atoms with Crippen LogP contribution in [0.25, 0.3) is 0 Å². The van der Waals surface area contributed by atoms with E-state index in [9.17, 15) is 0 Å². The van der Waals surface area contributed by atoms with E-state index in [1.54, 1.807) is 0 Å². The Morgan fingerprint density at radius 2 is 2.26 bits per heavy atom. The fraction of sp³-hybridized carbons (Fsp3) is 0.500. The molecule has 1 aliphatic rings. The van der Waals surface area contributed by atoms with E-state index in [-0.39, 0.29) is 0 Å². The normalized spacial score (nSPS) is 15.8. The van der Waals surface area contributed by atoms with Crippen molar-refractivity contribution in [2.75, 3.05) is 24.6 Å². The van der Waals surface area contributed by atoms with Gasteiger partial charge in [0.25, 0.3) is 0 Å². The van der Waals surface area contributed by atoms with E-state index < -0.39 is 0 Å². The van der Waals surface area contributed by atoms with Crippen LogP contribution in [0, 0.1) is 5.92 Å². The molecule has 104 valence electrons. The highest BCUT2D eigenvalue weighted by Crippen LogP contribution is 2.30. The minimum absolute atomic E-state index is 0.502. The second-order valence-corrected chi connectivity index (χ2v) is 5.02. The summed E-state index contributed by atoms with van der Waals surface area (Å²) in [6.45, 7) is 6.58. The third-order valence-corrected chi connectivity index (χ3v) is 2.93. The smallest absolute Gasteiger partial charge is 0.213 e. The molecular weight excluding hydrogens is 240 g/mol. The van der Waals surface area contributed by atoms with Crippen molar-refractivity contribution in [3.63, 3.8) is 0 Å². The molecule has 0 spiro atoms. The summed E-state index contributed by atoms with van der Waals surface area (Å²) in [4.78, 5) is 6.64. The molecule has 0 bridgehead atoms. The van der Waals surface area contributed by atoms with Gasteiger partial charge < -0.3 is 9.64 Å². The Bertz CT molecular complexity index is 445. The van der Waals surface area contributed by atoms with Crippen LogP contribution in [-0.4, -0.2) is 25.7 Å². The quantitative estimate of drug-likeness (QED) is 0.369. The van der Waals surface area contributed by atoms with Crippen LogP contribution in [0.5, 0.6) is 5.75 Å². The molecular formula is C14H22N4O. The molecule has 0 unspecified atom stereocenters. The average molecular weight is 262 g/mol. The number of hydrogen-bond donors (Lipinski definition) is 2. The lowest BCUT2D eigenvalue weighted by Gasteiger charge is -2.24. The molecule has 5 nitrogen and oxygen atoms in total. The van der Waals surface area contributed by atoms with Gasteiger partial charge in [-0.1, -0.05) is 26.0 Å². The maximum atomic E-state index is 5.73. The van der Waals surface area contributed by atoms with Gasteiger partial charge in [-0.05, 0) is 24.5 Å². The van der Waals surface area contributed by atoms with Crippen molar-refractivity contribution in [2.45, 2.75) is 20.3 Å². The van der Waals surface area contributed by atoms with E-state index in [0.29, 0.717) is 11.9 Å². The lowest BCUT2D eigenvalue weighted by Crippen LogP contribution is -2.45. The Balaban J connectivity index is 2.29. The highest BCUT2D eigenvalue weighted by molar-refractivity contribution is 5.97. The number of nitrogens with two attached hydrogens (primary N) is 1. The zero-order valence-electron chi connectivity index (χ0n) is 11.6. The SMILES string of the molecule is CC(C)CN=C(NN)N1CCCOc2ccccc21. The third kappa shape index (κ3) is 3.38. The van der Waals surface area contributed by atoms with Crippen LogP contribution in [-0.2, 0) is 0 Å². The molecule has 1 aliphatic heterocycles. The maximum Gasteiger partial charge on any atom is 0.213 e. The van der Waals surface area contributed by atoms with Crippen LogP contribution in [0.2, 0.25) is 0 Å². The topological polar surface area (TPSA) is 62.9 Å². The van der Waals surface area contributed by atoms with Gasteiger partial charge in [-0.25, -0.2) is 5.84 Å². The number of nitrogens with one attached hydrogen (secondary N) is 1. The molecule has 0 saturated heterocycles. The fourth-order valence-corrected chi connectivity index (χ4v) is 2.03. The fourth-order valence-electron chi connectivity index (χ4n) is 2.03. The molecule has 0 saturated carbocycles. The van der Waals surface area contributed by atoms with E-state index in [4.69, 9.17) is 10.6 Å². The number of para-hydroxylation sites is 2. The van der Waals surface area contributed by atoms with Gasteiger partial charge in [-0.15, -0.1) is 0 Å². The number of hydrazine groups is 1. The van der Waals surface area contributed by atoms with Gasteiger partial charge in [0.15, 0.2) is 0 Å². The summed E-state index contributed by atoms with van der Waals surface area (Å²) in [5.41, 5.74) is 3.73. The van der Waals surface area contributed by atoms with Crippen LogP contribution in [0.1, 0.15) is 20.3 Å². The molecule has 1 heterocycles. The van der Waals surface area contributed by atoms with Gasteiger partial charge in [-0.3, -0.25) is 10.4 Å². The maximum absolute atomic E-state index is 5.73. The van der Waals surface area contributed by atoms with E-state index in [1.165, 1.54) is 0 Å².